The maximum absolute atomic E-state index is 11.8. The molecule has 0 aliphatic heterocycles. The number of benzene rings is 2. The molecule has 2 N–H and O–H groups in total. The number of nitrogens with one attached hydrogen (secondary N) is 1. The van der Waals surface area contributed by atoms with Crippen LogP contribution in [-0.4, -0.2) is 23.2 Å². The average molecular weight is 383 g/mol. The molecule has 0 aliphatic rings. The molecule has 0 saturated heterocycles. The molecule has 1 aromatic heterocycles. The van der Waals surface area contributed by atoms with E-state index in [-0.39, 0.29) is 22.9 Å². The zero-order valence-electron chi connectivity index (χ0n) is 14.1. The van der Waals surface area contributed by atoms with Gasteiger partial charge >= 0.3 is 5.97 Å². The Morgan fingerprint density at radius 3 is 2.59 bits per heavy atom. The quantitative estimate of drug-likeness (QED) is 0.498. The minimum atomic E-state index is -1.09. The summed E-state index contributed by atoms with van der Waals surface area (Å²) in [4.78, 5) is 22.8. The molecule has 0 radical (unpaired) electrons. The van der Waals surface area contributed by atoms with Gasteiger partial charge in [0.2, 0.25) is 5.91 Å². The number of nitrogens with zero attached hydrogens (tertiary/aromatic N) is 1. The van der Waals surface area contributed by atoms with E-state index in [1.54, 1.807) is 18.2 Å². The van der Waals surface area contributed by atoms with Crippen LogP contribution < -0.4 is 5.43 Å². The van der Waals surface area contributed by atoms with Crippen LogP contribution in [0.4, 0.5) is 0 Å². The lowest BCUT2D eigenvalue weighted by molar-refractivity contribution is -0.120. The molecule has 7 heteroatoms. The molecule has 0 spiro atoms. The van der Waals surface area contributed by atoms with Crippen molar-refractivity contribution in [1.82, 2.24) is 5.43 Å². The predicted molar refractivity (Wildman–Crippen MR) is 102 cm³/mol. The molecule has 1 amide bonds. The zero-order chi connectivity index (χ0) is 19.2. The second-order valence-electron chi connectivity index (χ2n) is 5.66. The van der Waals surface area contributed by atoms with Gasteiger partial charge in [0.25, 0.3) is 0 Å². The van der Waals surface area contributed by atoms with Crippen LogP contribution >= 0.6 is 11.6 Å². The van der Waals surface area contributed by atoms with E-state index in [0.717, 1.165) is 5.56 Å². The monoisotopic (exact) mass is 382 g/mol. The number of hydrogen-bond donors (Lipinski definition) is 2. The molecule has 0 bridgehead atoms. The van der Waals surface area contributed by atoms with Crippen molar-refractivity contribution in [3.63, 3.8) is 0 Å². The Bertz CT molecular complexity index is 996. The van der Waals surface area contributed by atoms with Gasteiger partial charge in [-0.2, -0.15) is 5.10 Å². The molecule has 3 rings (SSSR count). The van der Waals surface area contributed by atoms with E-state index in [1.165, 1.54) is 18.3 Å². The minimum Gasteiger partial charge on any atom is -0.478 e. The summed E-state index contributed by atoms with van der Waals surface area (Å²) in [6, 6.07) is 17.3. The normalized spacial score (nSPS) is 10.9. The lowest BCUT2D eigenvalue weighted by Gasteiger charge is -2.01. The Labute approximate surface area is 160 Å². The number of carbonyl (C=O) groups is 2. The molecule has 0 atom stereocenters. The standard InChI is InChI=1S/C20H15ClN2O4/c21-17-11-14(6-8-16(17)20(25)26)18-9-7-15(27-18)12-22-23-19(24)10-13-4-2-1-3-5-13/h1-9,11-12H,10H2,(H,23,24)(H,25,26). The molecule has 0 unspecified atom stereocenters. The van der Waals surface area contributed by atoms with Crippen LogP contribution in [0.2, 0.25) is 5.02 Å². The van der Waals surface area contributed by atoms with Gasteiger partial charge in [0.1, 0.15) is 11.5 Å². The predicted octanol–water partition coefficient (Wildman–Crippen LogP) is 3.99. The maximum atomic E-state index is 11.8. The molecule has 2 aromatic carbocycles. The third kappa shape index (κ3) is 4.83. The van der Waals surface area contributed by atoms with E-state index in [9.17, 15) is 9.59 Å². The fourth-order valence-electron chi connectivity index (χ4n) is 2.41. The molecule has 136 valence electrons. The van der Waals surface area contributed by atoms with Crippen LogP contribution in [-0.2, 0) is 11.2 Å². The first-order valence-electron chi connectivity index (χ1n) is 8.02. The molecule has 27 heavy (non-hydrogen) atoms. The van der Waals surface area contributed by atoms with Crippen LogP contribution in [0.15, 0.2) is 70.2 Å². The summed E-state index contributed by atoms with van der Waals surface area (Å²) in [5.74, 6) is -0.389. The first-order valence-corrected chi connectivity index (χ1v) is 8.39. The summed E-state index contributed by atoms with van der Waals surface area (Å²) in [5, 5.41) is 13.0. The van der Waals surface area contributed by atoms with Crippen molar-refractivity contribution in [3.05, 3.63) is 82.6 Å². The summed E-state index contributed by atoms with van der Waals surface area (Å²) in [5.41, 5.74) is 4.00. The van der Waals surface area contributed by atoms with E-state index >= 15 is 0 Å². The van der Waals surface area contributed by atoms with Crippen molar-refractivity contribution in [2.24, 2.45) is 5.10 Å². The number of carbonyl (C=O) groups excluding carboxylic acids is 1. The topological polar surface area (TPSA) is 91.9 Å². The summed E-state index contributed by atoms with van der Waals surface area (Å²) in [7, 11) is 0. The Kier molecular flexibility index (Phi) is 5.68. The number of rotatable bonds is 6. The fourth-order valence-corrected chi connectivity index (χ4v) is 2.67. The number of amides is 1. The Hall–Kier alpha value is -3.38. The second-order valence-corrected chi connectivity index (χ2v) is 6.06. The van der Waals surface area contributed by atoms with Crippen LogP contribution in [0, 0.1) is 0 Å². The van der Waals surface area contributed by atoms with Crippen LogP contribution in [0.3, 0.4) is 0 Å². The summed E-state index contributed by atoms with van der Waals surface area (Å²) in [6.45, 7) is 0. The maximum Gasteiger partial charge on any atom is 0.337 e. The first kappa shape index (κ1) is 18.4. The van der Waals surface area contributed by atoms with Crippen molar-refractivity contribution in [3.8, 4) is 11.3 Å². The van der Waals surface area contributed by atoms with E-state index in [1.807, 2.05) is 30.3 Å². The van der Waals surface area contributed by atoms with Gasteiger partial charge in [-0.15, -0.1) is 0 Å². The molecule has 0 fully saturated rings. The Morgan fingerprint density at radius 1 is 1.11 bits per heavy atom. The van der Waals surface area contributed by atoms with Gasteiger partial charge in [0.15, 0.2) is 0 Å². The van der Waals surface area contributed by atoms with Crippen molar-refractivity contribution >= 4 is 29.7 Å². The number of hydrazone groups is 1. The molecule has 1 heterocycles. The molecule has 0 aliphatic carbocycles. The second kappa shape index (κ2) is 8.33. The highest BCUT2D eigenvalue weighted by atomic mass is 35.5. The highest BCUT2D eigenvalue weighted by Crippen LogP contribution is 2.27. The summed E-state index contributed by atoms with van der Waals surface area (Å²) >= 11 is 5.97. The lowest BCUT2D eigenvalue weighted by Crippen LogP contribution is -2.19. The first-order chi connectivity index (χ1) is 13.0. The van der Waals surface area contributed by atoms with E-state index in [0.29, 0.717) is 17.1 Å². The van der Waals surface area contributed by atoms with Gasteiger partial charge in [-0.25, -0.2) is 10.2 Å². The van der Waals surface area contributed by atoms with Crippen LogP contribution in [0.1, 0.15) is 21.7 Å². The summed E-state index contributed by atoms with van der Waals surface area (Å²) < 4.78 is 5.62. The molecular weight excluding hydrogens is 368 g/mol. The largest absolute Gasteiger partial charge is 0.478 e. The van der Waals surface area contributed by atoms with Gasteiger partial charge < -0.3 is 9.52 Å². The summed E-state index contributed by atoms with van der Waals surface area (Å²) in [6.07, 6.45) is 1.62. The number of carboxylic acids is 1. The van der Waals surface area contributed by atoms with E-state index < -0.39 is 5.97 Å². The number of aromatic carboxylic acids is 1. The van der Waals surface area contributed by atoms with Gasteiger partial charge in [-0.05, 0) is 29.8 Å². The highest BCUT2D eigenvalue weighted by Gasteiger charge is 2.11. The Morgan fingerprint density at radius 2 is 1.89 bits per heavy atom. The van der Waals surface area contributed by atoms with Gasteiger partial charge in [-0.1, -0.05) is 48.0 Å². The number of furan rings is 1. The van der Waals surface area contributed by atoms with Crippen molar-refractivity contribution in [2.45, 2.75) is 6.42 Å². The third-order valence-corrected chi connectivity index (χ3v) is 4.01. The van der Waals surface area contributed by atoms with Gasteiger partial charge in [-0.3, -0.25) is 4.79 Å². The van der Waals surface area contributed by atoms with Crippen LogP contribution in [0.5, 0.6) is 0 Å². The number of halogens is 1. The van der Waals surface area contributed by atoms with Gasteiger partial charge in [0.05, 0.1) is 23.2 Å². The van der Waals surface area contributed by atoms with Crippen molar-refractivity contribution in [1.29, 1.82) is 0 Å². The van der Waals surface area contributed by atoms with Crippen molar-refractivity contribution < 1.29 is 19.1 Å². The molecule has 3 aromatic rings. The van der Waals surface area contributed by atoms with Crippen LogP contribution in [0.25, 0.3) is 11.3 Å². The third-order valence-electron chi connectivity index (χ3n) is 3.70. The fraction of sp³-hybridized carbons (Fsp3) is 0.0500. The molecule has 6 nitrogen and oxygen atoms in total. The Balaban J connectivity index is 1.62. The number of carboxylic acid groups (broad SMARTS) is 1. The lowest BCUT2D eigenvalue weighted by atomic mass is 10.1. The molecule has 0 saturated carbocycles. The zero-order valence-corrected chi connectivity index (χ0v) is 14.8. The van der Waals surface area contributed by atoms with E-state index in [4.69, 9.17) is 21.1 Å². The smallest absolute Gasteiger partial charge is 0.337 e. The van der Waals surface area contributed by atoms with Gasteiger partial charge in [0, 0.05) is 5.56 Å². The number of hydrogen-bond acceptors (Lipinski definition) is 4. The average Bonchev–Trinajstić information content (AvgIpc) is 3.11. The van der Waals surface area contributed by atoms with Crippen molar-refractivity contribution in [2.75, 3.05) is 0 Å². The minimum absolute atomic E-state index is 0.0230. The SMILES string of the molecule is O=C(Cc1ccccc1)NN=Cc1ccc(-c2ccc(C(=O)O)c(Cl)c2)o1. The van der Waals surface area contributed by atoms with E-state index in [2.05, 4.69) is 10.5 Å². The molecular formula is C20H15ClN2O4. The highest BCUT2D eigenvalue weighted by molar-refractivity contribution is 6.33.